The second kappa shape index (κ2) is 7.53. The third kappa shape index (κ3) is 4.06. The van der Waals surface area contributed by atoms with Crippen molar-refractivity contribution in [3.8, 4) is 11.5 Å². The lowest BCUT2D eigenvalue weighted by atomic mass is 9.99. The Morgan fingerprint density at radius 3 is 2.58 bits per heavy atom. The summed E-state index contributed by atoms with van der Waals surface area (Å²) in [6, 6.07) is 3.01. The molecule has 1 heterocycles. The molecule has 2 rings (SSSR count). The molecule has 0 saturated heterocycles. The topological polar surface area (TPSA) is 132 Å². The van der Waals surface area contributed by atoms with Crippen LogP contribution in [-0.4, -0.2) is 30.7 Å². The predicted octanol–water partition coefficient (Wildman–Crippen LogP) is 0.259. The first-order valence-electron chi connectivity index (χ1n) is 7.48. The lowest BCUT2D eigenvalue weighted by molar-refractivity contribution is -0.124. The van der Waals surface area contributed by atoms with E-state index in [0.717, 1.165) is 0 Å². The van der Waals surface area contributed by atoms with Gasteiger partial charge in [0.1, 0.15) is 6.04 Å². The Balaban J connectivity index is 1.96. The Morgan fingerprint density at radius 1 is 1.21 bits per heavy atom. The summed E-state index contributed by atoms with van der Waals surface area (Å²) < 4.78 is 10.4. The number of hydrazine groups is 1. The summed E-state index contributed by atoms with van der Waals surface area (Å²) in [4.78, 5) is 35.3. The molecule has 0 spiro atoms. The van der Waals surface area contributed by atoms with Gasteiger partial charge in [0.2, 0.25) is 6.79 Å². The fourth-order valence-electron chi connectivity index (χ4n) is 2.16. The number of carbonyl (C=O) groups is 3. The summed E-state index contributed by atoms with van der Waals surface area (Å²) in [6.07, 6.45) is 0.647. The molecule has 0 aromatic heterocycles. The van der Waals surface area contributed by atoms with E-state index in [1.54, 1.807) is 19.1 Å². The molecule has 1 aromatic carbocycles. The number of rotatable bonds is 5. The SMILES string of the molecule is CC[C@@H](C)[C@@H](NC(N)=O)C(=O)NNC(=O)c1ccc2c(c1)OCO2. The van der Waals surface area contributed by atoms with Crippen LogP contribution in [0.4, 0.5) is 4.79 Å². The van der Waals surface area contributed by atoms with Gasteiger partial charge in [-0.25, -0.2) is 4.79 Å². The van der Waals surface area contributed by atoms with Crippen molar-refractivity contribution in [1.82, 2.24) is 16.2 Å². The molecule has 130 valence electrons. The quantitative estimate of drug-likeness (QED) is 0.573. The van der Waals surface area contributed by atoms with E-state index in [9.17, 15) is 14.4 Å². The van der Waals surface area contributed by atoms with E-state index >= 15 is 0 Å². The number of hydrogen-bond acceptors (Lipinski definition) is 5. The standard InChI is InChI=1S/C15H20N4O5/c1-3-8(2)12(17-15(16)22)14(21)19-18-13(20)9-4-5-10-11(6-9)24-7-23-10/h4-6,8,12H,3,7H2,1-2H3,(H,18,20)(H,19,21)(H3,16,17,22)/t8-,12-/m1/s1. The second-order valence-corrected chi connectivity index (χ2v) is 5.38. The van der Waals surface area contributed by atoms with Gasteiger partial charge in [-0.1, -0.05) is 20.3 Å². The zero-order valence-corrected chi connectivity index (χ0v) is 13.4. The first-order valence-corrected chi connectivity index (χ1v) is 7.48. The number of carbonyl (C=O) groups excluding carboxylic acids is 3. The van der Waals surface area contributed by atoms with Gasteiger partial charge in [0.15, 0.2) is 11.5 Å². The number of urea groups is 1. The molecule has 1 aromatic rings. The van der Waals surface area contributed by atoms with Crippen molar-refractivity contribution in [2.24, 2.45) is 11.7 Å². The molecule has 9 heteroatoms. The zero-order chi connectivity index (χ0) is 17.7. The number of benzene rings is 1. The summed E-state index contributed by atoms with van der Waals surface area (Å²) in [5, 5.41) is 2.37. The normalized spacial score (nSPS) is 14.4. The molecule has 0 fully saturated rings. The summed E-state index contributed by atoms with van der Waals surface area (Å²) in [5.41, 5.74) is 9.96. The number of fused-ring (bicyclic) bond motifs is 1. The maximum atomic E-state index is 12.2. The van der Waals surface area contributed by atoms with Crippen molar-refractivity contribution in [2.45, 2.75) is 26.3 Å². The molecule has 4 amide bonds. The molecular formula is C15H20N4O5. The summed E-state index contributed by atoms with van der Waals surface area (Å²) >= 11 is 0. The van der Waals surface area contributed by atoms with Gasteiger partial charge in [-0.15, -0.1) is 0 Å². The van der Waals surface area contributed by atoms with E-state index in [-0.39, 0.29) is 12.7 Å². The molecule has 0 aliphatic carbocycles. The smallest absolute Gasteiger partial charge is 0.312 e. The number of hydrogen-bond donors (Lipinski definition) is 4. The van der Waals surface area contributed by atoms with Crippen LogP contribution in [0, 0.1) is 5.92 Å². The van der Waals surface area contributed by atoms with Crippen LogP contribution >= 0.6 is 0 Å². The number of ether oxygens (including phenoxy) is 2. The highest BCUT2D eigenvalue weighted by Gasteiger charge is 2.25. The average Bonchev–Trinajstić information content (AvgIpc) is 3.03. The molecule has 0 radical (unpaired) electrons. The van der Waals surface area contributed by atoms with Gasteiger partial charge in [0.25, 0.3) is 11.8 Å². The van der Waals surface area contributed by atoms with E-state index in [1.807, 2.05) is 6.92 Å². The third-order valence-electron chi connectivity index (χ3n) is 3.73. The maximum absolute atomic E-state index is 12.2. The summed E-state index contributed by atoms with van der Waals surface area (Å²) in [7, 11) is 0. The van der Waals surface area contributed by atoms with Gasteiger partial charge in [-0.05, 0) is 24.1 Å². The van der Waals surface area contributed by atoms with Crippen molar-refractivity contribution in [2.75, 3.05) is 6.79 Å². The number of nitrogens with one attached hydrogen (secondary N) is 3. The summed E-state index contributed by atoms with van der Waals surface area (Å²) in [6.45, 7) is 3.77. The van der Waals surface area contributed by atoms with Gasteiger partial charge in [-0.3, -0.25) is 20.4 Å². The van der Waals surface area contributed by atoms with Gasteiger partial charge in [-0.2, -0.15) is 0 Å². The van der Waals surface area contributed by atoms with Crippen molar-refractivity contribution >= 4 is 17.8 Å². The molecule has 0 bridgehead atoms. The highest BCUT2D eigenvalue weighted by molar-refractivity contribution is 5.96. The largest absolute Gasteiger partial charge is 0.454 e. The minimum atomic E-state index is -0.843. The summed E-state index contributed by atoms with van der Waals surface area (Å²) in [5.74, 6) is -0.222. The van der Waals surface area contributed by atoms with Crippen LogP contribution in [0.1, 0.15) is 30.6 Å². The first kappa shape index (κ1) is 17.4. The molecule has 1 aliphatic rings. The van der Waals surface area contributed by atoms with Crippen molar-refractivity contribution in [1.29, 1.82) is 0 Å². The van der Waals surface area contributed by atoms with E-state index in [1.165, 1.54) is 6.07 Å². The van der Waals surface area contributed by atoms with Gasteiger partial charge in [0.05, 0.1) is 0 Å². The van der Waals surface area contributed by atoms with Crippen LogP contribution in [0.15, 0.2) is 18.2 Å². The van der Waals surface area contributed by atoms with Gasteiger partial charge in [0, 0.05) is 5.56 Å². The Labute approximate surface area is 138 Å². The third-order valence-corrected chi connectivity index (χ3v) is 3.73. The highest BCUT2D eigenvalue weighted by Crippen LogP contribution is 2.32. The van der Waals surface area contributed by atoms with Crippen molar-refractivity contribution < 1.29 is 23.9 Å². The van der Waals surface area contributed by atoms with Gasteiger partial charge >= 0.3 is 6.03 Å². The second-order valence-electron chi connectivity index (χ2n) is 5.38. The fraction of sp³-hybridized carbons (Fsp3) is 0.400. The van der Waals surface area contributed by atoms with E-state index in [0.29, 0.717) is 23.5 Å². The lowest BCUT2D eigenvalue weighted by Gasteiger charge is -2.22. The van der Waals surface area contributed by atoms with E-state index in [4.69, 9.17) is 15.2 Å². The van der Waals surface area contributed by atoms with Crippen molar-refractivity contribution in [3.05, 3.63) is 23.8 Å². The molecular weight excluding hydrogens is 316 g/mol. The molecule has 24 heavy (non-hydrogen) atoms. The monoisotopic (exact) mass is 336 g/mol. The lowest BCUT2D eigenvalue weighted by Crippen LogP contribution is -2.55. The molecule has 5 N–H and O–H groups in total. The van der Waals surface area contributed by atoms with Crippen LogP contribution in [0.2, 0.25) is 0 Å². The molecule has 2 atom stereocenters. The average molecular weight is 336 g/mol. The fourth-order valence-corrected chi connectivity index (χ4v) is 2.16. The van der Waals surface area contributed by atoms with Gasteiger partial charge < -0.3 is 20.5 Å². The van der Waals surface area contributed by atoms with Crippen LogP contribution in [0.25, 0.3) is 0 Å². The molecule has 0 saturated carbocycles. The molecule has 1 aliphatic heterocycles. The molecule has 0 unspecified atom stereocenters. The predicted molar refractivity (Wildman–Crippen MR) is 84.1 cm³/mol. The number of nitrogens with two attached hydrogens (primary N) is 1. The van der Waals surface area contributed by atoms with Crippen LogP contribution in [0.3, 0.4) is 0 Å². The van der Waals surface area contributed by atoms with E-state index < -0.39 is 23.9 Å². The van der Waals surface area contributed by atoms with Crippen LogP contribution < -0.4 is 31.4 Å². The minimum Gasteiger partial charge on any atom is -0.454 e. The number of primary amides is 1. The number of amides is 4. The Hall–Kier alpha value is -2.97. The van der Waals surface area contributed by atoms with E-state index in [2.05, 4.69) is 16.2 Å². The van der Waals surface area contributed by atoms with Crippen LogP contribution in [-0.2, 0) is 4.79 Å². The minimum absolute atomic E-state index is 0.104. The zero-order valence-electron chi connectivity index (χ0n) is 13.4. The first-order chi connectivity index (χ1) is 11.4. The highest BCUT2D eigenvalue weighted by atomic mass is 16.7. The van der Waals surface area contributed by atoms with Crippen LogP contribution in [0.5, 0.6) is 11.5 Å². The Morgan fingerprint density at radius 2 is 1.92 bits per heavy atom. The Kier molecular flexibility index (Phi) is 5.46. The van der Waals surface area contributed by atoms with Crippen molar-refractivity contribution in [3.63, 3.8) is 0 Å². The Bertz CT molecular complexity index is 649. The maximum Gasteiger partial charge on any atom is 0.312 e. The molecule has 9 nitrogen and oxygen atoms in total.